The number of hydrogen-bond donors (Lipinski definition) is 1. The topological polar surface area (TPSA) is 15.3 Å². The number of rotatable bonds is 3. The lowest BCUT2D eigenvalue weighted by Crippen LogP contribution is -2.52. The lowest BCUT2D eigenvalue weighted by atomic mass is 9.99. The highest BCUT2D eigenvalue weighted by Crippen LogP contribution is 2.23. The second-order valence-electron chi connectivity index (χ2n) is 5.44. The van der Waals surface area contributed by atoms with Crippen molar-refractivity contribution in [2.45, 2.75) is 58.2 Å². The zero-order valence-corrected chi connectivity index (χ0v) is 11.5. The van der Waals surface area contributed by atoms with Gasteiger partial charge in [-0.05, 0) is 51.3 Å². The van der Waals surface area contributed by atoms with Crippen LogP contribution in [0.2, 0.25) is 0 Å². The molecule has 1 heterocycles. The predicted molar refractivity (Wildman–Crippen MR) is 72.6 cm³/mol. The van der Waals surface area contributed by atoms with E-state index in [2.05, 4.69) is 31.2 Å². The minimum absolute atomic E-state index is 0.142. The number of benzene rings is 1. The van der Waals surface area contributed by atoms with Crippen LogP contribution in [0.4, 0.5) is 4.39 Å². The van der Waals surface area contributed by atoms with Crippen molar-refractivity contribution in [2.75, 3.05) is 0 Å². The molecular weight excluding hydrogens is 227 g/mol. The highest BCUT2D eigenvalue weighted by molar-refractivity contribution is 5.19. The Labute approximate surface area is 109 Å². The summed E-state index contributed by atoms with van der Waals surface area (Å²) in [5.41, 5.74) is 4.53. The van der Waals surface area contributed by atoms with Crippen LogP contribution in [0.15, 0.2) is 24.3 Å². The van der Waals surface area contributed by atoms with Crippen molar-refractivity contribution in [1.82, 2.24) is 10.4 Å². The molecule has 1 aliphatic heterocycles. The van der Waals surface area contributed by atoms with Crippen LogP contribution in [0.25, 0.3) is 0 Å². The number of nitrogens with zero attached hydrogens (tertiary/aromatic N) is 1. The van der Waals surface area contributed by atoms with Gasteiger partial charge in [0.15, 0.2) is 0 Å². The zero-order chi connectivity index (χ0) is 13.1. The summed E-state index contributed by atoms with van der Waals surface area (Å²) in [7, 11) is 0. The van der Waals surface area contributed by atoms with Crippen LogP contribution in [-0.2, 0) is 0 Å². The third kappa shape index (κ3) is 3.09. The minimum Gasteiger partial charge on any atom is -0.247 e. The number of nitrogens with one attached hydrogen (secondary N) is 1. The maximum absolute atomic E-state index is 13.2. The van der Waals surface area contributed by atoms with Gasteiger partial charge in [0, 0.05) is 18.1 Å². The van der Waals surface area contributed by atoms with Crippen molar-refractivity contribution in [3.8, 4) is 0 Å². The van der Waals surface area contributed by atoms with E-state index in [0.717, 1.165) is 5.56 Å². The van der Waals surface area contributed by atoms with E-state index in [9.17, 15) is 4.39 Å². The summed E-state index contributed by atoms with van der Waals surface area (Å²) >= 11 is 0. The maximum atomic E-state index is 13.2. The minimum atomic E-state index is -0.166. The SMILES string of the molecule is CC(NN1C(C)CCCC1C)c1cccc(F)c1. The van der Waals surface area contributed by atoms with E-state index in [1.807, 2.05) is 6.07 Å². The van der Waals surface area contributed by atoms with Crippen LogP contribution >= 0.6 is 0 Å². The second kappa shape index (κ2) is 5.81. The summed E-state index contributed by atoms with van der Waals surface area (Å²) in [6.07, 6.45) is 3.76. The Bertz CT molecular complexity index is 384. The molecule has 2 rings (SSSR count). The highest BCUT2D eigenvalue weighted by atomic mass is 19.1. The molecule has 3 atom stereocenters. The fourth-order valence-electron chi connectivity index (χ4n) is 2.75. The highest BCUT2D eigenvalue weighted by Gasteiger charge is 2.25. The summed E-state index contributed by atoms with van der Waals surface area (Å²) in [4.78, 5) is 0. The summed E-state index contributed by atoms with van der Waals surface area (Å²) in [6, 6.07) is 8.07. The molecule has 0 spiro atoms. The van der Waals surface area contributed by atoms with Gasteiger partial charge in [-0.25, -0.2) is 14.8 Å². The Morgan fingerprint density at radius 2 is 1.94 bits per heavy atom. The third-order valence-corrected chi connectivity index (χ3v) is 3.88. The number of hydrazine groups is 1. The quantitative estimate of drug-likeness (QED) is 0.880. The molecule has 0 saturated carbocycles. The van der Waals surface area contributed by atoms with Crippen LogP contribution in [-0.4, -0.2) is 17.1 Å². The van der Waals surface area contributed by atoms with E-state index in [0.29, 0.717) is 12.1 Å². The zero-order valence-electron chi connectivity index (χ0n) is 11.5. The van der Waals surface area contributed by atoms with Crippen LogP contribution in [0.5, 0.6) is 0 Å². The van der Waals surface area contributed by atoms with E-state index < -0.39 is 0 Å². The van der Waals surface area contributed by atoms with Gasteiger partial charge in [0.2, 0.25) is 0 Å². The largest absolute Gasteiger partial charge is 0.247 e. The van der Waals surface area contributed by atoms with Crippen molar-refractivity contribution >= 4 is 0 Å². The van der Waals surface area contributed by atoms with Gasteiger partial charge in [-0.1, -0.05) is 18.6 Å². The molecule has 1 fully saturated rings. The van der Waals surface area contributed by atoms with Gasteiger partial charge in [0.25, 0.3) is 0 Å². The van der Waals surface area contributed by atoms with Crippen LogP contribution < -0.4 is 5.43 Å². The maximum Gasteiger partial charge on any atom is 0.123 e. The Hall–Kier alpha value is -0.930. The van der Waals surface area contributed by atoms with Gasteiger partial charge in [-0.3, -0.25) is 0 Å². The molecule has 0 bridgehead atoms. The second-order valence-corrected chi connectivity index (χ2v) is 5.44. The molecule has 0 aliphatic carbocycles. The first-order valence-corrected chi connectivity index (χ1v) is 6.88. The van der Waals surface area contributed by atoms with Crippen molar-refractivity contribution in [3.05, 3.63) is 35.6 Å². The summed E-state index contributed by atoms with van der Waals surface area (Å²) in [6.45, 7) is 6.59. The van der Waals surface area contributed by atoms with Crippen molar-refractivity contribution in [3.63, 3.8) is 0 Å². The molecule has 0 radical (unpaired) electrons. The van der Waals surface area contributed by atoms with Crippen LogP contribution in [0, 0.1) is 5.82 Å². The number of halogens is 1. The van der Waals surface area contributed by atoms with Gasteiger partial charge in [-0.15, -0.1) is 0 Å². The van der Waals surface area contributed by atoms with E-state index in [4.69, 9.17) is 0 Å². The smallest absolute Gasteiger partial charge is 0.123 e. The van der Waals surface area contributed by atoms with E-state index in [1.165, 1.54) is 25.3 Å². The van der Waals surface area contributed by atoms with Gasteiger partial charge in [0.1, 0.15) is 5.82 Å². The Morgan fingerprint density at radius 3 is 2.56 bits per heavy atom. The molecule has 100 valence electrons. The van der Waals surface area contributed by atoms with Gasteiger partial charge in [0.05, 0.1) is 0 Å². The Balaban J connectivity index is 2.04. The lowest BCUT2D eigenvalue weighted by Gasteiger charge is -2.41. The average Bonchev–Trinajstić information content (AvgIpc) is 2.34. The molecule has 1 aromatic carbocycles. The van der Waals surface area contributed by atoms with Crippen LogP contribution in [0.3, 0.4) is 0 Å². The van der Waals surface area contributed by atoms with Gasteiger partial charge in [-0.2, -0.15) is 0 Å². The van der Waals surface area contributed by atoms with Crippen molar-refractivity contribution in [2.24, 2.45) is 0 Å². The molecule has 1 aromatic rings. The summed E-state index contributed by atoms with van der Waals surface area (Å²) < 4.78 is 13.2. The lowest BCUT2D eigenvalue weighted by molar-refractivity contribution is 0.0320. The van der Waals surface area contributed by atoms with E-state index >= 15 is 0 Å². The molecular formula is C15H23FN2. The third-order valence-electron chi connectivity index (χ3n) is 3.88. The first kappa shape index (κ1) is 13.5. The standard InChI is InChI=1S/C15H23FN2/c1-11-6-4-7-12(2)18(11)17-13(3)14-8-5-9-15(16)10-14/h5,8-13,17H,4,6-7H2,1-3H3. The Kier molecular flexibility index (Phi) is 4.36. The fourth-order valence-corrected chi connectivity index (χ4v) is 2.75. The summed E-state index contributed by atoms with van der Waals surface area (Å²) in [5.74, 6) is -0.166. The van der Waals surface area contributed by atoms with Gasteiger partial charge < -0.3 is 0 Å². The average molecular weight is 250 g/mol. The molecule has 0 aromatic heterocycles. The fraction of sp³-hybridized carbons (Fsp3) is 0.600. The number of piperidine rings is 1. The summed E-state index contributed by atoms with van der Waals surface area (Å²) in [5, 5.41) is 2.33. The first-order valence-electron chi connectivity index (χ1n) is 6.88. The van der Waals surface area contributed by atoms with E-state index in [-0.39, 0.29) is 11.9 Å². The van der Waals surface area contributed by atoms with E-state index in [1.54, 1.807) is 12.1 Å². The van der Waals surface area contributed by atoms with Crippen molar-refractivity contribution < 1.29 is 4.39 Å². The molecule has 1 aliphatic rings. The monoisotopic (exact) mass is 250 g/mol. The van der Waals surface area contributed by atoms with Crippen LogP contribution in [0.1, 0.15) is 51.6 Å². The molecule has 2 nitrogen and oxygen atoms in total. The van der Waals surface area contributed by atoms with Crippen molar-refractivity contribution in [1.29, 1.82) is 0 Å². The molecule has 3 heteroatoms. The predicted octanol–water partition coefficient (Wildman–Crippen LogP) is 3.65. The molecule has 1 N–H and O–H groups in total. The molecule has 1 saturated heterocycles. The number of hydrogen-bond acceptors (Lipinski definition) is 2. The van der Waals surface area contributed by atoms with Gasteiger partial charge >= 0.3 is 0 Å². The first-order chi connectivity index (χ1) is 8.58. The molecule has 0 amide bonds. The molecule has 3 unspecified atom stereocenters. The molecule has 18 heavy (non-hydrogen) atoms. The Morgan fingerprint density at radius 1 is 1.28 bits per heavy atom. The normalized spacial score (nSPS) is 27.1.